The molecule has 0 atom stereocenters. The predicted molar refractivity (Wildman–Crippen MR) is 102 cm³/mol. The lowest BCUT2D eigenvalue weighted by Crippen LogP contribution is -2.14. The highest BCUT2D eigenvalue weighted by atomic mass is 16.1. The van der Waals surface area contributed by atoms with Gasteiger partial charge in [-0.3, -0.25) is 4.79 Å². The van der Waals surface area contributed by atoms with Gasteiger partial charge in [0.15, 0.2) is 5.78 Å². The molecule has 0 saturated carbocycles. The van der Waals surface area contributed by atoms with Gasteiger partial charge in [0.05, 0.1) is 17.9 Å². The molecule has 0 aliphatic rings. The minimum Gasteiger partial charge on any atom is -0.372 e. The second kappa shape index (κ2) is 7.85. The van der Waals surface area contributed by atoms with E-state index in [-0.39, 0.29) is 5.78 Å². The zero-order valence-electron chi connectivity index (χ0n) is 13.7. The van der Waals surface area contributed by atoms with Crippen LogP contribution in [0.3, 0.4) is 0 Å². The quantitative estimate of drug-likeness (QED) is 0.406. The van der Waals surface area contributed by atoms with Gasteiger partial charge >= 0.3 is 0 Å². The van der Waals surface area contributed by atoms with E-state index in [1.807, 2.05) is 60.7 Å². The Labute approximate surface area is 147 Å². The molecule has 0 fully saturated rings. The average molecular weight is 326 g/mol. The SMILES string of the molecule is C#CCN/C(=C\C(=O)c1ccccc1)c1ccc(-c2ccccc2)[nH]1. The zero-order chi connectivity index (χ0) is 17.5. The van der Waals surface area contributed by atoms with Crippen LogP contribution < -0.4 is 5.32 Å². The van der Waals surface area contributed by atoms with Crippen molar-refractivity contribution in [1.82, 2.24) is 10.3 Å². The number of benzene rings is 2. The first-order chi connectivity index (χ1) is 12.3. The van der Waals surface area contributed by atoms with Crippen LogP contribution in [0.2, 0.25) is 0 Å². The number of hydrogen-bond donors (Lipinski definition) is 2. The van der Waals surface area contributed by atoms with Crippen LogP contribution in [-0.2, 0) is 0 Å². The van der Waals surface area contributed by atoms with Crippen molar-refractivity contribution in [2.24, 2.45) is 0 Å². The van der Waals surface area contributed by atoms with Crippen LogP contribution in [0.15, 0.2) is 78.9 Å². The molecular formula is C22H18N2O. The van der Waals surface area contributed by atoms with Gasteiger partial charge < -0.3 is 10.3 Å². The number of H-pyrrole nitrogens is 1. The Balaban J connectivity index is 1.91. The van der Waals surface area contributed by atoms with Crippen molar-refractivity contribution >= 4 is 11.5 Å². The van der Waals surface area contributed by atoms with E-state index in [1.165, 1.54) is 0 Å². The lowest BCUT2D eigenvalue weighted by Gasteiger charge is -2.07. The number of hydrogen-bond acceptors (Lipinski definition) is 2. The maximum Gasteiger partial charge on any atom is 0.187 e. The molecule has 0 unspecified atom stereocenters. The molecule has 3 rings (SSSR count). The molecule has 0 bridgehead atoms. The van der Waals surface area contributed by atoms with Crippen molar-refractivity contribution in [3.63, 3.8) is 0 Å². The van der Waals surface area contributed by atoms with Crippen molar-refractivity contribution in [1.29, 1.82) is 0 Å². The highest BCUT2D eigenvalue weighted by Gasteiger charge is 2.09. The summed E-state index contributed by atoms with van der Waals surface area (Å²) < 4.78 is 0. The molecule has 1 heterocycles. The number of ketones is 1. The highest BCUT2D eigenvalue weighted by molar-refractivity contribution is 6.08. The molecule has 2 aromatic carbocycles. The van der Waals surface area contributed by atoms with Crippen LogP contribution in [0.5, 0.6) is 0 Å². The van der Waals surface area contributed by atoms with E-state index in [9.17, 15) is 4.79 Å². The fraction of sp³-hybridized carbons (Fsp3) is 0.0455. The summed E-state index contributed by atoms with van der Waals surface area (Å²) in [5.41, 5.74) is 4.19. The van der Waals surface area contributed by atoms with E-state index in [0.717, 1.165) is 17.0 Å². The van der Waals surface area contributed by atoms with Gasteiger partial charge in [0, 0.05) is 17.3 Å². The maximum atomic E-state index is 12.5. The summed E-state index contributed by atoms with van der Waals surface area (Å²) in [6, 6.07) is 23.1. The third-order valence-corrected chi connectivity index (χ3v) is 3.78. The Hall–Kier alpha value is -3.51. The van der Waals surface area contributed by atoms with Crippen LogP contribution >= 0.6 is 0 Å². The first-order valence-corrected chi connectivity index (χ1v) is 8.01. The topological polar surface area (TPSA) is 44.9 Å². The number of carbonyl (C=O) groups is 1. The third-order valence-electron chi connectivity index (χ3n) is 3.78. The van der Waals surface area contributed by atoms with Gasteiger partial charge in [-0.25, -0.2) is 0 Å². The smallest absolute Gasteiger partial charge is 0.187 e. The van der Waals surface area contributed by atoms with Crippen LogP contribution in [0.25, 0.3) is 17.0 Å². The van der Waals surface area contributed by atoms with Gasteiger partial charge in [0.1, 0.15) is 0 Å². The summed E-state index contributed by atoms with van der Waals surface area (Å²) in [5.74, 6) is 2.47. The Morgan fingerprint density at radius 1 is 1.00 bits per heavy atom. The third kappa shape index (κ3) is 4.07. The molecule has 0 saturated heterocycles. The Morgan fingerprint density at radius 2 is 1.68 bits per heavy atom. The van der Waals surface area contributed by atoms with Crippen LogP contribution in [-0.4, -0.2) is 17.3 Å². The molecule has 1 aromatic heterocycles. The molecule has 0 aliphatic heterocycles. The molecule has 0 amide bonds. The average Bonchev–Trinajstić information content (AvgIpc) is 3.16. The Morgan fingerprint density at radius 3 is 2.36 bits per heavy atom. The van der Waals surface area contributed by atoms with Crippen LogP contribution in [0.4, 0.5) is 0 Å². The molecule has 0 radical (unpaired) electrons. The molecule has 25 heavy (non-hydrogen) atoms. The van der Waals surface area contributed by atoms with E-state index in [1.54, 1.807) is 18.2 Å². The molecular weight excluding hydrogens is 308 g/mol. The lowest BCUT2D eigenvalue weighted by molar-refractivity contribution is 0.104. The van der Waals surface area contributed by atoms with E-state index in [4.69, 9.17) is 6.42 Å². The molecule has 122 valence electrons. The molecule has 3 heteroatoms. The van der Waals surface area contributed by atoms with Crippen molar-refractivity contribution < 1.29 is 4.79 Å². The second-order valence-corrected chi connectivity index (χ2v) is 5.50. The summed E-state index contributed by atoms with van der Waals surface area (Å²) in [5, 5.41) is 3.12. The van der Waals surface area contributed by atoms with Gasteiger partial charge in [-0.05, 0) is 17.7 Å². The van der Waals surface area contributed by atoms with Crippen molar-refractivity contribution in [2.45, 2.75) is 0 Å². The number of rotatable bonds is 6. The number of terminal acetylenes is 1. The van der Waals surface area contributed by atoms with Gasteiger partial charge in [-0.15, -0.1) is 6.42 Å². The summed E-state index contributed by atoms with van der Waals surface area (Å²) in [6.45, 7) is 0.341. The number of allylic oxidation sites excluding steroid dienone is 1. The molecule has 3 nitrogen and oxygen atoms in total. The fourth-order valence-corrected chi connectivity index (χ4v) is 2.53. The number of carbonyl (C=O) groups excluding carboxylic acids is 1. The van der Waals surface area contributed by atoms with E-state index < -0.39 is 0 Å². The molecule has 0 aliphatic carbocycles. The van der Waals surface area contributed by atoms with Gasteiger partial charge in [-0.2, -0.15) is 0 Å². The summed E-state index contributed by atoms with van der Waals surface area (Å²) in [4.78, 5) is 15.8. The van der Waals surface area contributed by atoms with Gasteiger partial charge in [0.2, 0.25) is 0 Å². The summed E-state index contributed by atoms with van der Waals surface area (Å²) in [6.07, 6.45) is 6.93. The summed E-state index contributed by atoms with van der Waals surface area (Å²) >= 11 is 0. The first kappa shape index (κ1) is 16.4. The first-order valence-electron chi connectivity index (χ1n) is 8.01. The van der Waals surface area contributed by atoms with Crippen LogP contribution in [0.1, 0.15) is 16.1 Å². The Bertz CT molecular complexity index is 915. The fourth-order valence-electron chi connectivity index (χ4n) is 2.53. The van der Waals surface area contributed by atoms with E-state index in [2.05, 4.69) is 16.2 Å². The normalized spacial score (nSPS) is 10.9. The van der Waals surface area contributed by atoms with Gasteiger partial charge in [0.25, 0.3) is 0 Å². The van der Waals surface area contributed by atoms with Crippen LogP contribution in [0, 0.1) is 12.3 Å². The summed E-state index contributed by atoms with van der Waals surface area (Å²) in [7, 11) is 0. The van der Waals surface area contributed by atoms with E-state index in [0.29, 0.717) is 17.8 Å². The standard InChI is InChI=1S/C22H18N2O/c1-2-15-23-21(16-22(25)18-11-7-4-8-12-18)20-14-13-19(24-20)17-9-5-3-6-10-17/h1,3-14,16,23-24H,15H2/b21-16-. The van der Waals surface area contributed by atoms with Crippen molar-refractivity contribution in [2.75, 3.05) is 6.54 Å². The minimum absolute atomic E-state index is 0.0732. The molecule has 2 N–H and O–H groups in total. The Kier molecular flexibility index (Phi) is 5.13. The second-order valence-electron chi connectivity index (χ2n) is 5.50. The maximum absolute atomic E-state index is 12.5. The molecule has 3 aromatic rings. The molecule has 0 spiro atoms. The number of aromatic amines is 1. The lowest BCUT2D eigenvalue weighted by atomic mass is 10.1. The largest absolute Gasteiger partial charge is 0.372 e. The van der Waals surface area contributed by atoms with Gasteiger partial charge in [-0.1, -0.05) is 66.6 Å². The number of aromatic nitrogens is 1. The highest BCUT2D eigenvalue weighted by Crippen LogP contribution is 2.21. The van der Waals surface area contributed by atoms with E-state index >= 15 is 0 Å². The monoisotopic (exact) mass is 326 g/mol. The number of nitrogens with one attached hydrogen (secondary N) is 2. The minimum atomic E-state index is -0.0732. The van der Waals surface area contributed by atoms with Crippen molar-refractivity contribution in [3.8, 4) is 23.6 Å². The predicted octanol–water partition coefficient (Wildman–Crippen LogP) is 4.13. The zero-order valence-corrected chi connectivity index (χ0v) is 13.7. The van der Waals surface area contributed by atoms with Crippen molar-refractivity contribution in [3.05, 3.63) is 90.1 Å².